The molecule has 2 aromatic carbocycles. The maximum atomic E-state index is 4.78. The SMILES string of the molecule is Cc1nc(-c2cc(C)c(C)c(C)c2)nc(-c2cc(C)c(C)c(C)c2)n1. The highest BCUT2D eigenvalue weighted by Gasteiger charge is 2.12. The first-order chi connectivity index (χ1) is 11.8. The van der Waals surface area contributed by atoms with Crippen LogP contribution in [0.2, 0.25) is 0 Å². The third kappa shape index (κ3) is 3.32. The van der Waals surface area contributed by atoms with Gasteiger partial charge in [0.25, 0.3) is 0 Å². The number of aryl methyl sites for hydroxylation is 5. The molecule has 0 aliphatic rings. The van der Waals surface area contributed by atoms with E-state index in [9.17, 15) is 0 Å². The van der Waals surface area contributed by atoms with E-state index in [1.165, 1.54) is 33.4 Å². The lowest BCUT2D eigenvalue weighted by Gasteiger charge is -2.11. The van der Waals surface area contributed by atoms with Crippen molar-refractivity contribution in [1.29, 1.82) is 0 Å². The lowest BCUT2D eigenvalue weighted by Crippen LogP contribution is -2.01. The highest BCUT2D eigenvalue weighted by molar-refractivity contribution is 5.64. The first-order valence-corrected chi connectivity index (χ1v) is 8.65. The first kappa shape index (κ1) is 17.3. The van der Waals surface area contributed by atoms with E-state index in [-0.39, 0.29) is 0 Å². The summed E-state index contributed by atoms with van der Waals surface area (Å²) in [6, 6.07) is 8.64. The van der Waals surface area contributed by atoms with Crippen LogP contribution in [-0.4, -0.2) is 15.0 Å². The standard InChI is InChI=1S/C22H25N3/c1-12-8-19(9-13(2)16(12)5)21-23-18(7)24-22(25-21)20-10-14(3)17(6)15(4)11-20/h8-11H,1-7H3. The van der Waals surface area contributed by atoms with Gasteiger partial charge in [-0.25, -0.2) is 15.0 Å². The number of hydrogen-bond acceptors (Lipinski definition) is 3. The molecule has 128 valence electrons. The summed E-state index contributed by atoms with van der Waals surface area (Å²) < 4.78 is 0. The molecule has 25 heavy (non-hydrogen) atoms. The predicted octanol–water partition coefficient (Wildman–Crippen LogP) is 5.36. The van der Waals surface area contributed by atoms with E-state index >= 15 is 0 Å². The largest absolute Gasteiger partial charge is 0.213 e. The summed E-state index contributed by atoms with van der Waals surface area (Å²) in [5.41, 5.74) is 9.78. The zero-order valence-electron chi connectivity index (χ0n) is 16.2. The lowest BCUT2D eigenvalue weighted by atomic mass is 9.99. The van der Waals surface area contributed by atoms with Gasteiger partial charge in [-0.15, -0.1) is 0 Å². The molecule has 3 aromatic rings. The van der Waals surface area contributed by atoms with Gasteiger partial charge < -0.3 is 0 Å². The van der Waals surface area contributed by atoms with Crippen LogP contribution in [0.5, 0.6) is 0 Å². The summed E-state index contributed by atoms with van der Waals surface area (Å²) in [6.45, 7) is 14.8. The van der Waals surface area contributed by atoms with E-state index < -0.39 is 0 Å². The van der Waals surface area contributed by atoms with Crippen LogP contribution in [0.1, 0.15) is 39.2 Å². The van der Waals surface area contributed by atoms with Crippen LogP contribution in [-0.2, 0) is 0 Å². The van der Waals surface area contributed by atoms with Crippen LogP contribution in [0.15, 0.2) is 24.3 Å². The van der Waals surface area contributed by atoms with Gasteiger partial charge in [0.15, 0.2) is 11.6 Å². The third-order valence-corrected chi connectivity index (χ3v) is 5.12. The molecule has 3 nitrogen and oxygen atoms in total. The Labute approximate surface area is 150 Å². The maximum absolute atomic E-state index is 4.78. The Morgan fingerprint density at radius 1 is 0.480 bits per heavy atom. The summed E-state index contributed by atoms with van der Waals surface area (Å²) in [4.78, 5) is 13.9. The van der Waals surface area contributed by atoms with Crippen molar-refractivity contribution in [3.63, 3.8) is 0 Å². The van der Waals surface area contributed by atoms with Crippen molar-refractivity contribution >= 4 is 0 Å². The smallest absolute Gasteiger partial charge is 0.163 e. The number of nitrogens with zero attached hydrogens (tertiary/aromatic N) is 3. The number of rotatable bonds is 2. The fourth-order valence-electron chi connectivity index (χ4n) is 3.07. The topological polar surface area (TPSA) is 38.7 Å². The van der Waals surface area contributed by atoms with Crippen LogP contribution in [0.25, 0.3) is 22.8 Å². The summed E-state index contributed by atoms with van der Waals surface area (Å²) in [6.07, 6.45) is 0. The van der Waals surface area contributed by atoms with Gasteiger partial charge in [-0.1, -0.05) is 0 Å². The van der Waals surface area contributed by atoms with Gasteiger partial charge in [0.05, 0.1) is 0 Å². The predicted molar refractivity (Wildman–Crippen MR) is 104 cm³/mol. The van der Waals surface area contributed by atoms with Crippen molar-refractivity contribution in [3.8, 4) is 22.8 Å². The summed E-state index contributed by atoms with van der Waals surface area (Å²) in [5.74, 6) is 2.22. The molecule has 0 fully saturated rings. The third-order valence-electron chi connectivity index (χ3n) is 5.12. The van der Waals surface area contributed by atoms with Crippen molar-refractivity contribution in [3.05, 3.63) is 63.5 Å². The molecule has 0 bridgehead atoms. The molecule has 1 aromatic heterocycles. The molecule has 0 radical (unpaired) electrons. The first-order valence-electron chi connectivity index (χ1n) is 8.65. The Morgan fingerprint density at radius 2 is 0.800 bits per heavy atom. The van der Waals surface area contributed by atoms with E-state index in [1.54, 1.807) is 0 Å². The summed E-state index contributed by atoms with van der Waals surface area (Å²) in [5, 5.41) is 0. The van der Waals surface area contributed by atoms with Gasteiger partial charge in [0.2, 0.25) is 0 Å². The molecule has 3 rings (SSSR count). The average Bonchev–Trinajstić information content (AvgIpc) is 2.56. The average molecular weight is 331 g/mol. The normalized spacial score (nSPS) is 11.0. The van der Waals surface area contributed by atoms with Gasteiger partial charge in [-0.05, 0) is 106 Å². The number of aromatic nitrogens is 3. The Morgan fingerprint density at radius 3 is 1.12 bits per heavy atom. The zero-order chi connectivity index (χ0) is 18.3. The lowest BCUT2D eigenvalue weighted by molar-refractivity contribution is 0.989. The van der Waals surface area contributed by atoms with Crippen LogP contribution in [0.3, 0.4) is 0 Å². The Bertz CT molecular complexity index is 849. The molecule has 0 saturated carbocycles. The molecular weight excluding hydrogens is 306 g/mol. The van der Waals surface area contributed by atoms with Gasteiger partial charge in [0.1, 0.15) is 5.82 Å². The molecule has 0 aliphatic heterocycles. The zero-order valence-corrected chi connectivity index (χ0v) is 16.2. The van der Waals surface area contributed by atoms with Crippen LogP contribution in [0, 0.1) is 48.5 Å². The molecule has 3 heteroatoms. The quantitative estimate of drug-likeness (QED) is 0.634. The highest BCUT2D eigenvalue weighted by atomic mass is 15.0. The van der Waals surface area contributed by atoms with Gasteiger partial charge in [-0.3, -0.25) is 0 Å². The van der Waals surface area contributed by atoms with E-state index in [1.807, 2.05) is 6.92 Å². The minimum atomic E-state index is 0.740. The molecule has 0 saturated heterocycles. The Hall–Kier alpha value is -2.55. The fourth-order valence-corrected chi connectivity index (χ4v) is 3.07. The van der Waals surface area contributed by atoms with Crippen LogP contribution in [0.4, 0.5) is 0 Å². The fraction of sp³-hybridized carbons (Fsp3) is 0.318. The second-order valence-electron chi connectivity index (χ2n) is 7.00. The molecule has 0 N–H and O–H groups in total. The minimum absolute atomic E-state index is 0.740. The Kier molecular flexibility index (Phi) is 4.42. The number of benzene rings is 2. The monoisotopic (exact) mass is 331 g/mol. The second-order valence-corrected chi connectivity index (χ2v) is 7.00. The molecule has 0 spiro atoms. The molecule has 1 heterocycles. The van der Waals surface area contributed by atoms with Crippen LogP contribution < -0.4 is 0 Å². The molecular formula is C22H25N3. The van der Waals surface area contributed by atoms with E-state index in [0.717, 1.165) is 28.6 Å². The van der Waals surface area contributed by atoms with Crippen LogP contribution >= 0.6 is 0 Å². The highest BCUT2D eigenvalue weighted by Crippen LogP contribution is 2.26. The molecule has 0 atom stereocenters. The van der Waals surface area contributed by atoms with Gasteiger partial charge in [0, 0.05) is 11.1 Å². The van der Waals surface area contributed by atoms with Crippen molar-refractivity contribution in [1.82, 2.24) is 15.0 Å². The summed E-state index contributed by atoms with van der Waals surface area (Å²) in [7, 11) is 0. The van der Waals surface area contributed by atoms with E-state index in [2.05, 4.69) is 75.8 Å². The van der Waals surface area contributed by atoms with Crippen molar-refractivity contribution in [2.75, 3.05) is 0 Å². The van der Waals surface area contributed by atoms with Gasteiger partial charge in [-0.2, -0.15) is 0 Å². The minimum Gasteiger partial charge on any atom is -0.213 e. The molecule has 0 amide bonds. The van der Waals surface area contributed by atoms with Crippen molar-refractivity contribution in [2.45, 2.75) is 48.5 Å². The molecule has 0 aliphatic carbocycles. The Balaban J connectivity index is 2.17. The molecule has 0 unspecified atom stereocenters. The van der Waals surface area contributed by atoms with Crippen molar-refractivity contribution < 1.29 is 0 Å². The van der Waals surface area contributed by atoms with Gasteiger partial charge >= 0.3 is 0 Å². The number of hydrogen-bond donors (Lipinski definition) is 0. The maximum Gasteiger partial charge on any atom is 0.163 e. The second kappa shape index (κ2) is 6.40. The van der Waals surface area contributed by atoms with E-state index in [4.69, 9.17) is 4.98 Å². The van der Waals surface area contributed by atoms with Crippen molar-refractivity contribution in [2.24, 2.45) is 0 Å². The summed E-state index contributed by atoms with van der Waals surface area (Å²) >= 11 is 0. The van der Waals surface area contributed by atoms with E-state index in [0.29, 0.717) is 0 Å².